The van der Waals surface area contributed by atoms with Gasteiger partial charge in [0.2, 0.25) is 11.9 Å². The summed E-state index contributed by atoms with van der Waals surface area (Å²) in [5, 5.41) is 22.0. The maximum absolute atomic E-state index is 12.3. The van der Waals surface area contributed by atoms with Crippen molar-refractivity contribution in [2.75, 3.05) is 5.32 Å². The van der Waals surface area contributed by atoms with Crippen molar-refractivity contribution in [1.82, 2.24) is 9.55 Å². The Bertz CT molecular complexity index is 970. The number of rotatable bonds is 1. The first-order valence-electron chi connectivity index (χ1n) is 7.15. The summed E-state index contributed by atoms with van der Waals surface area (Å²) in [6, 6.07) is 15.7. The van der Waals surface area contributed by atoms with E-state index in [0.29, 0.717) is 11.5 Å². The number of carbonyl (C=O) groups excluding carboxylic acids is 1. The molecule has 4 rings (SSSR count). The summed E-state index contributed by atoms with van der Waals surface area (Å²) in [7, 11) is 0. The lowest BCUT2D eigenvalue weighted by Crippen LogP contribution is -2.37. The molecular formula is C17H12N4O2. The second-order valence-electron chi connectivity index (χ2n) is 5.43. The van der Waals surface area contributed by atoms with Gasteiger partial charge in [0.25, 0.3) is 0 Å². The molecule has 0 radical (unpaired) electrons. The zero-order chi connectivity index (χ0) is 16.0. The fourth-order valence-electron chi connectivity index (χ4n) is 3.07. The molecule has 1 aromatic heterocycles. The van der Waals surface area contributed by atoms with Crippen LogP contribution in [-0.4, -0.2) is 20.6 Å². The Balaban J connectivity index is 2.02. The third-order valence-electron chi connectivity index (χ3n) is 4.06. The minimum Gasteiger partial charge on any atom is -0.508 e. The molecule has 1 aliphatic rings. The summed E-state index contributed by atoms with van der Waals surface area (Å²) in [6.45, 7) is 0. The number of amides is 1. The fourth-order valence-corrected chi connectivity index (χ4v) is 3.07. The first kappa shape index (κ1) is 13.3. The average Bonchev–Trinajstić information content (AvgIpc) is 2.91. The highest BCUT2D eigenvalue weighted by molar-refractivity contribution is 5.97. The predicted octanol–water partition coefficient (Wildman–Crippen LogP) is 2.42. The minimum atomic E-state index is -0.901. The summed E-state index contributed by atoms with van der Waals surface area (Å²) in [4.78, 5) is 16.7. The molecule has 0 fully saturated rings. The number of fused-ring (bicyclic) bond motifs is 3. The van der Waals surface area contributed by atoms with E-state index in [-0.39, 0.29) is 11.7 Å². The van der Waals surface area contributed by atoms with E-state index >= 15 is 0 Å². The Morgan fingerprint density at radius 3 is 2.83 bits per heavy atom. The standard InChI is InChI=1S/C17H12N4O2/c18-9-12-15(10-4-3-5-11(22)8-10)21-14-7-2-1-6-13(14)19-17(21)20-16(12)23/h1-8,12,15,22H,(H,19,20,23)/t12-,15-/m0/s1. The van der Waals surface area contributed by atoms with E-state index in [1.165, 1.54) is 0 Å². The highest BCUT2D eigenvalue weighted by Crippen LogP contribution is 2.38. The van der Waals surface area contributed by atoms with Gasteiger partial charge in [-0.1, -0.05) is 24.3 Å². The average molecular weight is 304 g/mol. The van der Waals surface area contributed by atoms with Gasteiger partial charge in [-0.2, -0.15) is 5.26 Å². The normalized spacial score (nSPS) is 19.9. The van der Waals surface area contributed by atoms with Gasteiger partial charge in [0.15, 0.2) is 5.92 Å². The summed E-state index contributed by atoms with van der Waals surface area (Å²) in [5.41, 5.74) is 2.26. The molecule has 23 heavy (non-hydrogen) atoms. The summed E-state index contributed by atoms with van der Waals surface area (Å²) in [6.07, 6.45) is 0. The Labute approximate surface area is 131 Å². The highest BCUT2D eigenvalue weighted by Gasteiger charge is 2.38. The third-order valence-corrected chi connectivity index (χ3v) is 4.06. The molecule has 2 aromatic carbocycles. The summed E-state index contributed by atoms with van der Waals surface area (Å²) >= 11 is 0. The van der Waals surface area contributed by atoms with Gasteiger partial charge >= 0.3 is 0 Å². The van der Waals surface area contributed by atoms with Crippen LogP contribution in [0.5, 0.6) is 5.75 Å². The lowest BCUT2D eigenvalue weighted by Gasteiger charge is -2.29. The van der Waals surface area contributed by atoms with Crippen molar-refractivity contribution in [3.8, 4) is 11.8 Å². The topological polar surface area (TPSA) is 90.9 Å². The molecule has 3 aromatic rings. The van der Waals surface area contributed by atoms with Crippen LogP contribution in [0, 0.1) is 17.2 Å². The molecule has 0 saturated carbocycles. The van der Waals surface area contributed by atoms with Crippen molar-refractivity contribution < 1.29 is 9.90 Å². The Morgan fingerprint density at radius 1 is 1.22 bits per heavy atom. The number of aromatic nitrogens is 2. The molecule has 1 amide bonds. The fraction of sp³-hybridized carbons (Fsp3) is 0.118. The number of nitrogens with one attached hydrogen (secondary N) is 1. The van der Waals surface area contributed by atoms with Gasteiger partial charge in [-0.25, -0.2) is 4.98 Å². The summed E-state index contributed by atoms with van der Waals surface area (Å²) < 4.78 is 1.85. The molecule has 1 aliphatic heterocycles. The van der Waals surface area contributed by atoms with Crippen LogP contribution in [0.1, 0.15) is 11.6 Å². The molecule has 2 N–H and O–H groups in total. The van der Waals surface area contributed by atoms with E-state index in [4.69, 9.17) is 0 Å². The zero-order valence-electron chi connectivity index (χ0n) is 12.0. The SMILES string of the molecule is N#C[C@@H]1C(=O)Nc2nc3ccccc3n2[C@H]1c1cccc(O)c1. The number of carbonyl (C=O) groups is 1. The quantitative estimate of drug-likeness (QED) is 0.722. The second-order valence-corrected chi connectivity index (χ2v) is 5.43. The number of benzene rings is 2. The van der Waals surface area contributed by atoms with Crippen molar-refractivity contribution in [3.05, 3.63) is 54.1 Å². The number of phenolic OH excluding ortho intramolecular Hbond substituents is 1. The van der Waals surface area contributed by atoms with Gasteiger partial charge in [-0.05, 0) is 29.8 Å². The van der Waals surface area contributed by atoms with E-state index in [2.05, 4.69) is 16.4 Å². The lowest BCUT2D eigenvalue weighted by molar-refractivity contribution is -0.119. The number of nitriles is 1. The number of para-hydroxylation sites is 2. The molecule has 0 aliphatic carbocycles. The van der Waals surface area contributed by atoms with Crippen LogP contribution in [0.15, 0.2) is 48.5 Å². The van der Waals surface area contributed by atoms with E-state index in [1.54, 1.807) is 24.3 Å². The molecule has 0 unspecified atom stereocenters. The minimum absolute atomic E-state index is 0.0937. The number of anilines is 1. The van der Waals surface area contributed by atoms with Gasteiger partial charge < -0.3 is 9.67 Å². The molecule has 112 valence electrons. The van der Waals surface area contributed by atoms with Gasteiger partial charge in [-0.3, -0.25) is 10.1 Å². The van der Waals surface area contributed by atoms with Crippen molar-refractivity contribution in [1.29, 1.82) is 5.26 Å². The van der Waals surface area contributed by atoms with Gasteiger partial charge in [0, 0.05) is 0 Å². The van der Waals surface area contributed by atoms with Crippen molar-refractivity contribution in [3.63, 3.8) is 0 Å². The van der Waals surface area contributed by atoms with Crippen LogP contribution in [0.3, 0.4) is 0 Å². The number of hydrogen-bond donors (Lipinski definition) is 2. The first-order valence-corrected chi connectivity index (χ1v) is 7.15. The molecule has 2 heterocycles. The van der Waals surface area contributed by atoms with Crippen molar-refractivity contribution in [2.45, 2.75) is 6.04 Å². The monoisotopic (exact) mass is 304 g/mol. The van der Waals surface area contributed by atoms with Crippen LogP contribution in [0.2, 0.25) is 0 Å². The van der Waals surface area contributed by atoms with Crippen molar-refractivity contribution in [2.24, 2.45) is 5.92 Å². The maximum atomic E-state index is 12.3. The molecule has 6 heteroatoms. The lowest BCUT2D eigenvalue weighted by atomic mass is 9.91. The van der Waals surface area contributed by atoms with Gasteiger partial charge in [-0.15, -0.1) is 0 Å². The Hall–Kier alpha value is -3.33. The van der Waals surface area contributed by atoms with E-state index in [1.807, 2.05) is 28.8 Å². The maximum Gasteiger partial charge on any atom is 0.246 e. The van der Waals surface area contributed by atoms with Crippen LogP contribution in [0.4, 0.5) is 5.95 Å². The number of aromatic hydroxyl groups is 1. The third kappa shape index (κ3) is 1.94. The number of imidazole rings is 1. The predicted molar refractivity (Wildman–Crippen MR) is 83.7 cm³/mol. The first-order chi connectivity index (χ1) is 11.2. The van der Waals surface area contributed by atoms with Gasteiger partial charge in [0.05, 0.1) is 23.1 Å². The zero-order valence-corrected chi connectivity index (χ0v) is 12.0. The number of nitrogens with zero attached hydrogens (tertiary/aromatic N) is 3. The van der Waals surface area contributed by atoms with E-state index < -0.39 is 12.0 Å². The Morgan fingerprint density at radius 2 is 2.04 bits per heavy atom. The van der Waals surface area contributed by atoms with Crippen LogP contribution in [0.25, 0.3) is 11.0 Å². The highest BCUT2D eigenvalue weighted by atomic mass is 16.3. The molecule has 6 nitrogen and oxygen atoms in total. The number of phenols is 1. The molecular weight excluding hydrogens is 292 g/mol. The number of hydrogen-bond acceptors (Lipinski definition) is 4. The summed E-state index contributed by atoms with van der Waals surface area (Å²) in [5.74, 6) is -0.780. The van der Waals surface area contributed by atoms with Crippen LogP contribution in [-0.2, 0) is 4.79 Å². The smallest absolute Gasteiger partial charge is 0.246 e. The molecule has 0 bridgehead atoms. The second kappa shape index (κ2) is 4.85. The van der Waals surface area contributed by atoms with Crippen LogP contribution < -0.4 is 5.32 Å². The van der Waals surface area contributed by atoms with E-state index in [9.17, 15) is 15.2 Å². The van der Waals surface area contributed by atoms with Gasteiger partial charge in [0.1, 0.15) is 5.75 Å². The van der Waals surface area contributed by atoms with Crippen LogP contribution >= 0.6 is 0 Å². The van der Waals surface area contributed by atoms with E-state index in [0.717, 1.165) is 11.0 Å². The molecule has 2 atom stereocenters. The molecule has 0 spiro atoms. The Kier molecular flexibility index (Phi) is 2.81. The largest absolute Gasteiger partial charge is 0.508 e. The molecule has 0 saturated heterocycles. The van der Waals surface area contributed by atoms with Crippen molar-refractivity contribution >= 4 is 22.9 Å².